The molecule has 0 spiro atoms. The van der Waals surface area contributed by atoms with Crippen molar-refractivity contribution < 1.29 is 27.9 Å². The molecule has 2 heterocycles. The minimum Gasteiger partial charge on any atom is -0.490 e. The first-order chi connectivity index (χ1) is 15.9. The van der Waals surface area contributed by atoms with Crippen molar-refractivity contribution in [3.63, 3.8) is 0 Å². The van der Waals surface area contributed by atoms with Gasteiger partial charge in [0.15, 0.2) is 5.60 Å². The van der Waals surface area contributed by atoms with Gasteiger partial charge in [0.05, 0.1) is 18.8 Å². The standard InChI is InChI=1S/C21H31I2N2O6PS/c1-15-4-6-17(7-5-15)31-18-8-9-24-16(10-18)11-21(29-14-28-3)19(12-30-33-32(22)23)25(13-27-2)20(21)26/h8-10,15,17,19H,4-7,11-14H2,1-3H3/t15-,17-,19-,21+/m0/s1. The second-order valence-electron chi connectivity index (χ2n) is 8.37. The van der Waals surface area contributed by atoms with Crippen LogP contribution >= 0.6 is 58.2 Å². The van der Waals surface area contributed by atoms with Gasteiger partial charge in [-0.3, -0.25) is 9.78 Å². The van der Waals surface area contributed by atoms with Crippen LogP contribution in [0.4, 0.5) is 0 Å². The number of halogens is 2. The van der Waals surface area contributed by atoms with Crippen molar-refractivity contribution in [3.8, 4) is 5.75 Å². The van der Waals surface area contributed by atoms with E-state index in [9.17, 15) is 4.79 Å². The average Bonchev–Trinajstić information content (AvgIpc) is 2.80. The highest BCUT2D eigenvalue weighted by molar-refractivity contribution is 14.3. The first-order valence-electron chi connectivity index (χ1n) is 10.9. The molecule has 0 bridgehead atoms. The largest absolute Gasteiger partial charge is 0.490 e. The maximum atomic E-state index is 13.3. The van der Waals surface area contributed by atoms with Crippen molar-refractivity contribution in [3.05, 3.63) is 24.0 Å². The quantitative estimate of drug-likeness (QED) is 0.0867. The predicted octanol–water partition coefficient (Wildman–Crippen LogP) is 5.52. The van der Waals surface area contributed by atoms with Crippen LogP contribution in [0.2, 0.25) is 0 Å². The molecule has 2 atom stereocenters. The summed E-state index contributed by atoms with van der Waals surface area (Å²) in [5.74, 6) is 1.40. The molecule has 8 nitrogen and oxygen atoms in total. The molecule has 1 amide bonds. The summed E-state index contributed by atoms with van der Waals surface area (Å²) in [5, 5.41) is 0. The van der Waals surface area contributed by atoms with E-state index < -0.39 is 5.60 Å². The van der Waals surface area contributed by atoms with Gasteiger partial charge in [0.1, 0.15) is 21.7 Å². The van der Waals surface area contributed by atoms with E-state index in [2.05, 4.69) is 56.0 Å². The van der Waals surface area contributed by atoms with E-state index in [1.807, 2.05) is 12.1 Å². The number of carbonyl (C=O) groups is 1. The van der Waals surface area contributed by atoms with Gasteiger partial charge in [0, 0.05) is 50.3 Å². The normalized spacial score (nSPS) is 27.6. The molecule has 0 unspecified atom stereocenters. The number of ether oxygens (including phenoxy) is 4. The van der Waals surface area contributed by atoms with Crippen molar-refractivity contribution >= 4 is 64.1 Å². The van der Waals surface area contributed by atoms with Crippen LogP contribution in [0.3, 0.4) is 0 Å². The van der Waals surface area contributed by atoms with Crippen LogP contribution in [0, 0.1) is 5.92 Å². The van der Waals surface area contributed by atoms with Crippen LogP contribution in [-0.4, -0.2) is 67.9 Å². The number of carbonyl (C=O) groups excluding carboxylic acids is 1. The fraction of sp³-hybridized carbons (Fsp3) is 0.714. The number of methoxy groups -OCH3 is 2. The highest BCUT2D eigenvalue weighted by Gasteiger charge is 2.62. The van der Waals surface area contributed by atoms with Crippen molar-refractivity contribution in [2.75, 3.05) is 34.4 Å². The third-order valence-electron chi connectivity index (χ3n) is 6.07. The van der Waals surface area contributed by atoms with Gasteiger partial charge < -0.3 is 28.0 Å². The lowest BCUT2D eigenvalue weighted by Crippen LogP contribution is -2.77. The maximum absolute atomic E-state index is 13.3. The summed E-state index contributed by atoms with van der Waals surface area (Å²) in [5.41, 5.74) is -0.388. The van der Waals surface area contributed by atoms with E-state index in [1.165, 1.54) is 24.5 Å². The minimum atomic E-state index is -1.12. The summed E-state index contributed by atoms with van der Waals surface area (Å²) in [6, 6.07) is 3.48. The van der Waals surface area contributed by atoms with Crippen LogP contribution in [0.1, 0.15) is 38.3 Å². The molecule has 1 aliphatic heterocycles. The van der Waals surface area contributed by atoms with Gasteiger partial charge in [-0.1, -0.05) is 6.92 Å². The summed E-state index contributed by atoms with van der Waals surface area (Å²) in [7, 11) is 3.11. The van der Waals surface area contributed by atoms with E-state index in [4.69, 9.17) is 23.1 Å². The number of hydrogen-bond acceptors (Lipinski definition) is 8. The summed E-state index contributed by atoms with van der Waals surface area (Å²) in [6.45, 7) is 2.79. The Balaban J connectivity index is 1.76. The number of pyridine rings is 1. The number of likely N-dealkylation sites (tertiary alicyclic amines) is 1. The Morgan fingerprint density at radius 3 is 2.67 bits per heavy atom. The number of β-lactam (4-membered cyclic amide) rings is 1. The lowest BCUT2D eigenvalue weighted by atomic mass is 9.79. The van der Waals surface area contributed by atoms with E-state index in [0.717, 1.165) is 30.2 Å². The number of hydrogen-bond donors (Lipinski definition) is 0. The van der Waals surface area contributed by atoms with Crippen molar-refractivity contribution in [1.29, 1.82) is 0 Å². The molecule has 0 aromatic carbocycles. The second-order valence-corrected chi connectivity index (χ2v) is 26.0. The number of nitrogens with zero attached hydrogens (tertiary/aromatic N) is 2. The monoisotopic (exact) mass is 724 g/mol. The molecule has 1 aromatic heterocycles. The second kappa shape index (κ2) is 13.7. The lowest BCUT2D eigenvalue weighted by Gasteiger charge is -2.54. The molecular formula is C21H31I2N2O6PS. The molecule has 0 N–H and O–H groups in total. The van der Waals surface area contributed by atoms with Gasteiger partial charge >= 0.3 is 0 Å². The highest BCUT2D eigenvalue weighted by atomic mass is 127. The third-order valence-corrected chi connectivity index (χ3v) is 9.98. The molecule has 2 aliphatic rings. The predicted molar refractivity (Wildman–Crippen MR) is 147 cm³/mol. The average molecular weight is 724 g/mol. The van der Waals surface area contributed by atoms with E-state index >= 15 is 0 Å². The van der Waals surface area contributed by atoms with Gasteiger partial charge in [0.2, 0.25) is 0 Å². The van der Waals surface area contributed by atoms with Crippen LogP contribution in [0.25, 0.3) is 0 Å². The van der Waals surface area contributed by atoms with Gasteiger partial charge in [-0.15, -0.1) is 0 Å². The Bertz CT molecular complexity index is 774. The molecule has 186 valence electrons. The van der Waals surface area contributed by atoms with Gasteiger partial charge in [-0.2, -0.15) is 0 Å². The van der Waals surface area contributed by atoms with Gasteiger partial charge in [-0.05, 0) is 81.7 Å². The summed E-state index contributed by atoms with van der Waals surface area (Å²) in [4.78, 5) is 19.4. The molecule has 33 heavy (non-hydrogen) atoms. The smallest absolute Gasteiger partial charge is 0.259 e. The number of aromatic nitrogens is 1. The number of amides is 1. The molecule has 1 aliphatic carbocycles. The Morgan fingerprint density at radius 1 is 1.24 bits per heavy atom. The Kier molecular flexibility index (Phi) is 11.7. The van der Waals surface area contributed by atoms with Gasteiger partial charge in [0.25, 0.3) is 5.91 Å². The minimum absolute atomic E-state index is 0.00205. The molecule has 2 fully saturated rings. The Labute approximate surface area is 227 Å². The zero-order chi connectivity index (χ0) is 23.8. The topological polar surface area (TPSA) is 79.4 Å². The zero-order valence-corrected chi connectivity index (χ0v) is 25.1. The molecule has 1 aromatic rings. The fourth-order valence-electron chi connectivity index (χ4n) is 4.36. The maximum Gasteiger partial charge on any atom is 0.259 e. The SMILES string of the molecule is COCO[C@@]1(Cc2cc(O[C@H]3CC[C@H](C)CC3)ccn2)C(=O)N(COC)[C@H]1COSP(I)I. The van der Waals surface area contributed by atoms with Crippen LogP contribution < -0.4 is 4.74 Å². The third kappa shape index (κ3) is 7.50. The van der Waals surface area contributed by atoms with Gasteiger partial charge in [-0.25, -0.2) is 0 Å². The molecule has 12 heteroatoms. The first-order valence-corrected chi connectivity index (χ1v) is 19.1. The Morgan fingerprint density at radius 2 is 2.00 bits per heavy atom. The van der Waals surface area contributed by atoms with Crippen molar-refractivity contribution in [1.82, 2.24) is 9.88 Å². The van der Waals surface area contributed by atoms with Crippen molar-refractivity contribution in [2.45, 2.75) is 56.8 Å². The van der Waals surface area contributed by atoms with E-state index in [1.54, 1.807) is 25.3 Å². The highest BCUT2D eigenvalue weighted by Crippen LogP contribution is 2.65. The lowest BCUT2D eigenvalue weighted by molar-refractivity contribution is -0.236. The van der Waals surface area contributed by atoms with E-state index in [0.29, 0.717) is 13.0 Å². The first kappa shape index (κ1) is 28.1. The Hall–Kier alpha value is 0.500. The molecule has 0 radical (unpaired) electrons. The fourth-order valence-corrected chi connectivity index (χ4v) is 7.10. The number of rotatable bonds is 13. The molecular weight excluding hydrogens is 693 g/mol. The van der Waals surface area contributed by atoms with E-state index in [-0.39, 0.29) is 34.0 Å². The molecule has 3 rings (SSSR count). The van der Waals surface area contributed by atoms with Crippen LogP contribution in [0.5, 0.6) is 5.75 Å². The summed E-state index contributed by atoms with van der Waals surface area (Å²) in [6.07, 6.45) is 6.78. The molecule has 1 saturated carbocycles. The molecule has 1 saturated heterocycles. The summed E-state index contributed by atoms with van der Waals surface area (Å²) >= 11 is 6.08. The van der Waals surface area contributed by atoms with Crippen LogP contribution in [0.15, 0.2) is 18.3 Å². The zero-order valence-electron chi connectivity index (χ0n) is 19.1. The van der Waals surface area contributed by atoms with Crippen LogP contribution in [-0.2, 0) is 29.6 Å². The summed E-state index contributed by atoms with van der Waals surface area (Å²) < 4.78 is 28.2. The van der Waals surface area contributed by atoms with Crippen molar-refractivity contribution in [2.24, 2.45) is 5.92 Å².